The van der Waals surface area contributed by atoms with Gasteiger partial charge in [-0.25, -0.2) is 24.0 Å². The second-order valence-electron chi connectivity index (χ2n) is 40.3. The largest absolute Gasteiger partial charge is 0.448 e. The molecule has 0 amide bonds. The van der Waals surface area contributed by atoms with Crippen LogP contribution in [-0.4, -0.2) is 209 Å². The Labute approximate surface area is 805 Å². The molecular weight excluding hydrogens is 1880 g/mol. The molecule has 5 fully saturated rings. The van der Waals surface area contributed by atoms with Crippen LogP contribution in [-0.2, 0) is 46.1 Å². The van der Waals surface area contributed by atoms with Gasteiger partial charge in [-0.15, -0.1) is 0 Å². The van der Waals surface area contributed by atoms with Crippen molar-refractivity contribution in [2.75, 3.05) is 13.2 Å². The van der Waals surface area contributed by atoms with Gasteiger partial charge in [0.1, 0.15) is 48.1 Å². The van der Waals surface area contributed by atoms with E-state index < -0.39 is 177 Å². The second kappa shape index (κ2) is 46.9. The third-order valence-electron chi connectivity index (χ3n) is 26.1. The third kappa shape index (κ3) is 29.1. The van der Waals surface area contributed by atoms with E-state index in [9.17, 15) is 68.4 Å². The molecule has 5 aliphatic heterocycles. The molecule has 0 aliphatic carbocycles. The highest BCUT2D eigenvalue weighted by molar-refractivity contribution is 7.82. The number of ether oxygens (including phenoxy) is 8. The fourth-order valence-electron chi connectivity index (χ4n) is 13.9. The summed E-state index contributed by atoms with van der Waals surface area (Å²) < 4.78 is 78.8. The number of aliphatic hydroxyl groups is 5. The summed E-state index contributed by atoms with van der Waals surface area (Å²) in [7, 11) is -8.60. The van der Waals surface area contributed by atoms with Crippen molar-refractivity contribution in [3.05, 3.63) is 224 Å². The normalized spacial score (nSPS) is 24.8. The summed E-state index contributed by atoms with van der Waals surface area (Å²) in [6.45, 7) is 56.3. The topological polar surface area (TPSA) is 486 Å². The van der Waals surface area contributed by atoms with Gasteiger partial charge in [-0.2, -0.15) is 0 Å². The zero-order valence-electron chi connectivity index (χ0n) is 82.7. The lowest BCUT2D eigenvalue weighted by molar-refractivity contribution is -0.0551. The van der Waals surface area contributed by atoms with Crippen LogP contribution in [0.2, 0.25) is 72.5 Å². The minimum atomic E-state index is -2.33. The summed E-state index contributed by atoms with van der Waals surface area (Å²) in [5, 5.41) is 48.4. The summed E-state index contributed by atoms with van der Waals surface area (Å²) in [4.78, 5) is 131. The van der Waals surface area contributed by atoms with Gasteiger partial charge >= 0.3 is 33.7 Å². The standard InChI is InChI=1S/C24H34N2O6SSi.C17H30N2O5Si.C17H30N2O4Si.C16H28N2O5Si.C10H14N2O6.C7H5ClOS/c1-8-17-18(31-23(33)29-16-12-10-9-11-13-16)19(32-34(6,7)24(3,4)5)21(30-17)26-14-15(2)20(27)25-22(26)28;1-8-11-12(20)13(24-25(6,7)17(3,4)5)15(23-11)19-9-10(2)14(21)18-16(19)22;1-8-12-9-13(23-24(6,7)17(3,4)5)15(22-12)19-10-11(2)14(20)18-16(19)21;1-10-8-18(15(21)17-13(10)20)14-12(7-11(9-19)22-14)23-24(5,6)16(2,3)4;1-4-2-12(10(17)11-8(4)16)9-7(15)6(14)5(3-13)18-9;8-7(10)9-6-4-2-1-3-5-6/h9-14,17-19,21H,8H2,1-7H3,(H,25,27,28);9,11-13,15,20H,8H2,1-7H3,(H,18,21,22);10,12-13,15H,8-9H2,1-7H3,(H,18,20,21);8,11-12,14,19H,7,9H2,1-6H3,(H,17,20,21);2,5-7,9,13-15H,3H2,1H3,(H,11,16,17);1-5H/t17-,18?,19+,21-;11-,12?,13+,15-;12-,13+,15-;11-,12-,14+;5-,6?,7+,9-;/m11101./s1. The molecule has 135 heavy (non-hydrogen) atoms. The number of aryl methyl sites for hydroxylation is 5. The van der Waals surface area contributed by atoms with Crippen LogP contribution in [0.3, 0.4) is 0 Å². The zero-order chi connectivity index (χ0) is 102. The first-order valence-corrected chi connectivity index (χ1v) is 57.9. The number of hydrogen-bond acceptors (Lipinski definition) is 29. The Balaban J connectivity index is 0.000000227. The Morgan fingerprint density at radius 1 is 0.385 bits per heavy atom. The molecule has 37 nitrogen and oxygen atoms in total. The van der Waals surface area contributed by atoms with Gasteiger partial charge in [0.25, 0.3) is 32.3 Å². The van der Waals surface area contributed by atoms with Crippen LogP contribution in [0.5, 0.6) is 11.5 Å². The first-order chi connectivity index (χ1) is 62.4. The monoisotopic (exact) mass is 2020 g/mol. The van der Waals surface area contributed by atoms with Crippen LogP contribution < -0.4 is 65.7 Å². The average molecular weight is 2020 g/mol. The van der Waals surface area contributed by atoms with Crippen molar-refractivity contribution < 1.29 is 81.1 Å². The van der Waals surface area contributed by atoms with Crippen LogP contribution in [0, 0.1) is 34.6 Å². The fourth-order valence-corrected chi connectivity index (χ4v) is 19.5. The van der Waals surface area contributed by atoms with Crippen LogP contribution in [0.4, 0.5) is 0 Å². The molecule has 0 radical (unpaired) electrons. The number of H-pyrrole nitrogens is 5. The molecule has 10 N–H and O–H groups in total. The number of nitrogens with zero attached hydrogens (tertiary/aromatic N) is 5. The second-order valence-corrected chi connectivity index (χ2v) is 60.6. The highest BCUT2D eigenvalue weighted by Gasteiger charge is 2.55. The van der Waals surface area contributed by atoms with E-state index in [0.717, 1.165) is 17.4 Å². The van der Waals surface area contributed by atoms with Gasteiger partial charge in [0.2, 0.25) is 0 Å². The number of para-hydroxylation sites is 2. The smallest absolute Gasteiger partial charge is 0.358 e. The van der Waals surface area contributed by atoms with E-state index in [0.29, 0.717) is 53.0 Å². The molecule has 0 bridgehead atoms. The van der Waals surface area contributed by atoms with Crippen molar-refractivity contribution in [3.8, 4) is 11.5 Å². The molecule has 2 aromatic carbocycles. The number of aliphatic hydroxyl groups excluding tert-OH is 5. The summed E-state index contributed by atoms with van der Waals surface area (Å²) in [6, 6.07) is 18.3. The number of aromatic amines is 5. The number of halogens is 1. The molecule has 3 unspecified atom stereocenters. The highest BCUT2D eigenvalue weighted by Crippen LogP contribution is 2.47. The van der Waals surface area contributed by atoms with Gasteiger partial charge < -0.3 is 81.1 Å². The number of nitrogens with one attached hydrogen (secondary N) is 5. The summed E-state index contributed by atoms with van der Waals surface area (Å²) >= 11 is 15.2. The number of aromatic nitrogens is 10. The highest BCUT2D eigenvalue weighted by atomic mass is 35.5. The number of hydrogen-bond donors (Lipinski definition) is 10. The van der Waals surface area contributed by atoms with E-state index >= 15 is 0 Å². The molecule has 0 spiro atoms. The Morgan fingerprint density at radius 2 is 0.689 bits per heavy atom. The molecule has 18 atom stereocenters. The zero-order valence-corrected chi connectivity index (χ0v) is 89.0. The van der Waals surface area contributed by atoms with E-state index in [1.807, 2.05) is 50.2 Å². The van der Waals surface area contributed by atoms with Crippen molar-refractivity contribution in [1.29, 1.82) is 0 Å². The first kappa shape index (κ1) is 114. The van der Waals surface area contributed by atoms with Crippen LogP contribution in [0.1, 0.15) is 195 Å². The van der Waals surface area contributed by atoms with Crippen LogP contribution in [0.25, 0.3) is 0 Å². The van der Waals surface area contributed by atoms with Crippen molar-refractivity contribution in [1.82, 2.24) is 47.8 Å². The van der Waals surface area contributed by atoms with Gasteiger partial charge in [-0.1, -0.05) is 140 Å². The Morgan fingerprint density at radius 3 is 1.01 bits per heavy atom. The number of benzene rings is 2. The molecule has 7 aromatic rings. The van der Waals surface area contributed by atoms with Crippen molar-refractivity contribution in [3.63, 3.8) is 0 Å². The van der Waals surface area contributed by atoms with Crippen molar-refractivity contribution in [2.45, 2.75) is 354 Å². The van der Waals surface area contributed by atoms with Crippen molar-refractivity contribution in [2.24, 2.45) is 0 Å². The molecule has 5 aromatic heterocycles. The molecule has 0 saturated carbocycles. The maximum absolute atomic E-state index is 12.7. The number of thiocarbonyl (C=S) groups is 2. The Bertz CT molecular complexity index is 5680. The predicted octanol–water partition coefficient (Wildman–Crippen LogP) is 10.7. The fraction of sp³-hybridized carbons (Fsp3) is 0.626. The van der Waals surface area contributed by atoms with E-state index in [4.69, 9.17) is 84.5 Å². The van der Waals surface area contributed by atoms with Crippen LogP contribution >= 0.6 is 36.0 Å². The maximum atomic E-state index is 12.7. The van der Waals surface area contributed by atoms with Gasteiger partial charge in [0.15, 0.2) is 70.5 Å². The Hall–Kier alpha value is -7.98. The summed E-state index contributed by atoms with van der Waals surface area (Å²) in [6.07, 6.45) is -1.27. The third-order valence-corrected chi connectivity index (χ3v) is 44.4. The molecule has 12 rings (SSSR count). The SMILES string of the molecule is CC[C@@H]1C[C@H](O[Si](C)(C)C(C)(C)C)[C@H](n2cc(C)c(=O)[nH]c2=O)O1.CC[C@H]1O[C@@H](n2cc(C)c(=O)[nH]c2=O)[C@@H](O[Si](C)(C)C(C)(C)C)C1O.CC[C@H]1O[C@@H](n2cc(C)c(=O)[nH]c2=O)[C@@H](O[Si](C)(C)C(C)(C)C)C1OC(=S)Oc1ccccc1.Cc1cn([C@@H]2O[C@H](CO)C(O)[C@@H]2O)c(=O)[nH]c1=O.Cc1cn([C@@H]2O[C@H](CO)C[C@@H]2O[Si](C)(C)C(C)(C)C)c(=O)[nH]c1=O.S=C(Cl)Oc1ccccc1. The van der Waals surface area contributed by atoms with Gasteiger partial charge in [0.05, 0.1) is 49.8 Å². The van der Waals surface area contributed by atoms with Crippen LogP contribution in [0.15, 0.2) is 140 Å². The van der Waals surface area contributed by atoms with E-state index in [1.165, 1.54) is 50.0 Å². The summed E-state index contributed by atoms with van der Waals surface area (Å²) in [5.41, 5.74) is -3.01. The number of rotatable bonds is 21. The lowest BCUT2D eigenvalue weighted by Gasteiger charge is -2.40. The lowest BCUT2D eigenvalue weighted by Crippen LogP contribution is -2.50. The molecule has 44 heteroatoms. The van der Waals surface area contributed by atoms with Gasteiger partial charge in [-0.3, -0.25) is 71.7 Å². The molecule has 5 aliphatic rings. The quantitative estimate of drug-likeness (QED) is 0.0181. The average Bonchev–Trinajstić information content (AvgIpc) is 1.72. The molecule has 10 heterocycles. The minimum Gasteiger partial charge on any atom is -0.448 e. The van der Waals surface area contributed by atoms with E-state index in [1.54, 1.807) is 58.2 Å². The van der Waals surface area contributed by atoms with Gasteiger partial charge in [-0.05, 0) is 174 Å². The molecule has 752 valence electrons. The van der Waals surface area contributed by atoms with Gasteiger partial charge in [0, 0.05) is 83.9 Å². The molecule has 5 saturated heterocycles. The van der Waals surface area contributed by atoms with E-state index in [-0.39, 0.29) is 72.0 Å². The predicted molar refractivity (Wildman–Crippen MR) is 530 cm³/mol. The first-order valence-electron chi connectivity index (χ1n) is 45.1. The summed E-state index contributed by atoms with van der Waals surface area (Å²) in [5.74, 6) is 1.23. The lowest BCUT2D eigenvalue weighted by atomic mass is 10.1. The Kier molecular flexibility index (Phi) is 39.6. The minimum absolute atomic E-state index is 0.0146. The van der Waals surface area contributed by atoms with E-state index in [2.05, 4.69) is 180 Å². The maximum Gasteiger partial charge on any atom is 0.358 e. The molecular formula is C91H141ClN10O27S2Si4. The van der Waals surface area contributed by atoms with Crippen molar-refractivity contribution >= 4 is 79.1 Å².